The van der Waals surface area contributed by atoms with Crippen molar-refractivity contribution in [3.05, 3.63) is 29.8 Å². The lowest BCUT2D eigenvalue weighted by atomic mass is 10.1. The molecular weight excluding hydrogens is 276 g/mol. The van der Waals surface area contributed by atoms with Gasteiger partial charge < -0.3 is 10.8 Å². The number of nitrogens with zero attached hydrogens (tertiary/aromatic N) is 1. The third-order valence-electron chi connectivity index (χ3n) is 3.75. The van der Waals surface area contributed by atoms with Crippen LogP contribution in [0.1, 0.15) is 24.8 Å². The second-order valence-electron chi connectivity index (χ2n) is 5.13. The van der Waals surface area contributed by atoms with Crippen molar-refractivity contribution in [1.82, 2.24) is 4.31 Å². The fraction of sp³-hybridized carbons (Fsp3) is 0.571. The maximum Gasteiger partial charge on any atom is 0.243 e. The second-order valence-corrected chi connectivity index (χ2v) is 7.02. The van der Waals surface area contributed by atoms with E-state index in [1.807, 2.05) is 0 Å². The minimum absolute atomic E-state index is 0.121. The summed E-state index contributed by atoms with van der Waals surface area (Å²) in [4.78, 5) is 0.290. The molecule has 1 saturated heterocycles. The highest BCUT2D eigenvalue weighted by molar-refractivity contribution is 7.89. The molecular formula is C14H22N2O3S. The summed E-state index contributed by atoms with van der Waals surface area (Å²) in [6.45, 7) is 0.910. The van der Waals surface area contributed by atoms with Crippen LogP contribution in [0.5, 0.6) is 0 Å². The first-order valence-electron chi connectivity index (χ1n) is 7.01. The van der Waals surface area contributed by atoms with E-state index in [1.165, 1.54) is 4.31 Å². The maximum absolute atomic E-state index is 12.6. The van der Waals surface area contributed by atoms with Crippen molar-refractivity contribution in [2.45, 2.75) is 36.6 Å². The number of sulfonamides is 1. The Kier molecular flexibility index (Phi) is 5.15. The van der Waals surface area contributed by atoms with Gasteiger partial charge in [-0.1, -0.05) is 18.6 Å². The standard InChI is InChI=1S/C14H22N2O3S/c15-9-8-12-4-6-14(7-5-12)20(18,19)16-10-2-1-3-13(16)11-17/h4-7,13,17H,1-3,8-11,15H2. The highest BCUT2D eigenvalue weighted by atomic mass is 32.2. The fourth-order valence-electron chi connectivity index (χ4n) is 2.60. The summed E-state index contributed by atoms with van der Waals surface area (Å²) >= 11 is 0. The third-order valence-corrected chi connectivity index (χ3v) is 5.71. The predicted octanol–water partition coefficient (Wildman–Crippen LogP) is 0.723. The summed E-state index contributed by atoms with van der Waals surface area (Å²) in [5.41, 5.74) is 6.51. The SMILES string of the molecule is NCCc1ccc(S(=O)(=O)N2CCCCC2CO)cc1. The zero-order chi connectivity index (χ0) is 14.6. The van der Waals surface area contributed by atoms with Crippen molar-refractivity contribution < 1.29 is 13.5 Å². The molecule has 6 heteroatoms. The molecule has 0 aromatic heterocycles. The van der Waals surface area contributed by atoms with Crippen LogP contribution in [0, 0.1) is 0 Å². The minimum Gasteiger partial charge on any atom is -0.395 e. The topological polar surface area (TPSA) is 83.6 Å². The number of nitrogens with two attached hydrogens (primary N) is 1. The number of rotatable bonds is 5. The zero-order valence-corrected chi connectivity index (χ0v) is 12.3. The van der Waals surface area contributed by atoms with Crippen LogP contribution >= 0.6 is 0 Å². The summed E-state index contributed by atoms with van der Waals surface area (Å²) in [5.74, 6) is 0. The van der Waals surface area contributed by atoms with Gasteiger partial charge in [0.25, 0.3) is 0 Å². The van der Waals surface area contributed by atoms with E-state index in [0.717, 1.165) is 31.2 Å². The van der Waals surface area contributed by atoms with Gasteiger partial charge in [-0.2, -0.15) is 4.31 Å². The molecule has 0 radical (unpaired) electrons. The second kappa shape index (κ2) is 6.67. The molecule has 1 aliphatic rings. The Morgan fingerprint density at radius 1 is 1.25 bits per heavy atom. The summed E-state index contributed by atoms with van der Waals surface area (Å²) in [7, 11) is -3.51. The molecule has 0 bridgehead atoms. The van der Waals surface area contributed by atoms with Crippen molar-refractivity contribution in [3.63, 3.8) is 0 Å². The van der Waals surface area contributed by atoms with Crippen LogP contribution in [0.25, 0.3) is 0 Å². The van der Waals surface area contributed by atoms with Gasteiger partial charge in [-0.15, -0.1) is 0 Å². The van der Waals surface area contributed by atoms with Gasteiger partial charge in [0.15, 0.2) is 0 Å². The molecule has 0 spiro atoms. The Morgan fingerprint density at radius 3 is 2.55 bits per heavy atom. The molecule has 5 nitrogen and oxygen atoms in total. The Bertz CT molecular complexity index is 528. The van der Waals surface area contributed by atoms with Gasteiger partial charge >= 0.3 is 0 Å². The Hall–Kier alpha value is -0.950. The summed E-state index contributed by atoms with van der Waals surface area (Å²) in [6.07, 6.45) is 3.28. The van der Waals surface area contributed by atoms with Crippen LogP contribution < -0.4 is 5.73 Å². The molecule has 0 aliphatic carbocycles. The van der Waals surface area contributed by atoms with E-state index >= 15 is 0 Å². The van der Waals surface area contributed by atoms with E-state index in [-0.39, 0.29) is 12.6 Å². The lowest BCUT2D eigenvalue weighted by Gasteiger charge is -2.33. The molecule has 2 rings (SSSR count). The van der Waals surface area contributed by atoms with Gasteiger partial charge in [-0.25, -0.2) is 8.42 Å². The van der Waals surface area contributed by atoms with Crippen molar-refractivity contribution in [2.75, 3.05) is 19.7 Å². The molecule has 1 aromatic carbocycles. The van der Waals surface area contributed by atoms with Crippen LogP contribution in [-0.4, -0.2) is 43.6 Å². The monoisotopic (exact) mass is 298 g/mol. The molecule has 1 fully saturated rings. The molecule has 0 amide bonds. The lowest BCUT2D eigenvalue weighted by molar-refractivity contribution is 0.155. The number of benzene rings is 1. The highest BCUT2D eigenvalue weighted by Crippen LogP contribution is 2.25. The Labute approximate surface area is 120 Å². The van der Waals surface area contributed by atoms with E-state index in [9.17, 15) is 13.5 Å². The number of aliphatic hydroxyl groups is 1. The molecule has 0 saturated carbocycles. The molecule has 3 N–H and O–H groups in total. The largest absolute Gasteiger partial charge is 0.395 e. The van der Waals surface area contributed by atoms with Crippen LogP contribution in [0.4, 0.5) is 0 Å². The Morgan fingerprint density at radius 2 is 1.95 bits per heavy atom. The van der Waals surface area contributed by atoms with Crippen LogP contribution in [0.2, 0.25) is 0 Å². The first-order valence-corrected chi connectivity index (χ1v) is 8.45. The lowest BCUT2D eigenvalue weighted by Crippen LogP contribution is -2.45. The number of hydrogen-bond donors (Lipinski definition) is 2. The van der Waals surface area contributed by atoms with Crippen LogP contribution in [0.3, 0.4) is 0 Å². The minimum atomic E-state index is -3.51. The van der Waals surface area contributed by atoms with Crippen molar-refractivity contribution in [1.29, 1.82) is 0 Å². The summed E-state index contributed by atoms with van der Waals surface area (Å²) in [5, 5.41) is 9.37. The molecule has 20 heavy (non-hydrogen) atoms. The van der Waals surface area contributed by atoms with Gasteiger partial charge in [0.05, 0.1) is 11.5 Å². The molecule has 1 unspecified atom stereocenters. The summed E-state index contributed by atoms with van der Waals surface area (Å²) in [6, 6.07) is 6.57. The van der Waals surface area contributed by atoms with E-state index in [4.69, 9.17) is 5.73 Å². The van der Waals surface area contributed by atoms with Crippen LogP contribution in [0.15, 0.2) is 29.2 Å². The molecule has 1 aromatic rings. The molecule has 1 atom stereocenters. The zero-order valence-electron chi connectivity index (χ0n) is 11.5. The summed E-state index contributed by atoms with van der Waals surface area (Å²) < 4.78 is 26.7. The van der Waals surface area contributed by atoms with E-state index in [0.29, 0.717) is 18.0 Å². The van der Waals surface area contributed by atoms with Crippen molar-refractivity contribution in [2.24, 2.45) is 5.73 Å². The number of aliphatic hydroxyl groups excluding tert-OH is 1. The van der Waals surface area contributed by atoms with Gasteiger partial charge in [0.2, 0.25) is 10.0 Å². The number of hydrogen-bond acceptors (Lipinski definition) is 4. The van der Waals surface area contributed by atoms with E-state index in [1.54, 1.807) is 24.3 Å². The highest BCUT2D eigenvalue weighted by Gasteiger charge is 2.32. The molecule has 1 aliphatic heterocycles. The van der Waals surface area contributed by atoms with Gasteiger partial charge in [0.1, 0.15) is 0 Å². The van der Waals surface area contributed by atoms with Crippen molar-refractivity contribution in [3.8, 4) is 0 Å². The number of piperidine rings is 1. The van der Waals surface area contributed by atoms with Gasteiger partial charge in [0, 0.05) is 12.6 Å². The van der Waals surface area contributed by atoms with Crippen molar-refractivity contribution >= 4 is 10.0 Å². The van der Waals surface area contributed by atoms with Crippen LogP contribution in [-0.2, 0) is 16.4 Å². The first-order chi connectivity index (χ1) is 9.59. The van der Waals surface area contributed by atoms with E-state index in [2.05, 4.69) is 0 Å². The fourth-order valence-corrected chi connectivity index (χ4v) is 4.29. The predicted molar refractivity (Wildman–Crippen MR) is 77.8 cm³/mol. The maximum atomic E-state index is 12.6. The normalized spacial score (nSPS) is 21.0. The smallest absolute Gasteiger partial charge is 0.243 e. The first kappa shape index (κ1) is 15.4. The van der Waals surface area contributed by atoms with Gasteiger partial charge in [-0.05, 0) is 43.5 Å². The average molecular weight is 298 g/mol. The quantitative estimate of drug-likeness (QED) is 0.839. The van der Waals surface area contributed by atoms with E-state index < -0.39 is 10.0 Å². The van der Waals surface area contributed by atoms with Gasteiger partial charge in [-0.3, -0.25) is 0 Å². The molecule has 112 valence electrons. The Balaban J connectivity index is 2.24. The third kappa shape index (κ3) is 3.20. The molecule has 1 heterocycles. The average Bonchev–Trinajstić information content (AvgIpc) is 2.48.